The fourth-order valence-electron chi connectivity index (χ4n) is 3.45. The molecule has 1 saturated heterocycles. The van der Waals surface area contributed by atoms with Gasteiger partial charge in [0.05, 0.1) is 25.3 Å². The molecule has 24 heavy (non-hydrogen) atoms. The fraction of sp³-hybridized carbons (Fsp3) is 0.579. The van der Waals surface area contributed by atoms with Crippen LogP contribution in [0.25, 0.3) is 0 Å². The summed E-state index contributed by atoms with van der Waals surface area (Å²) in [7, 11) is 3.52. The number of nitrogens with one attached hydrogen (secondary N) is 2. The minimum atomic E-state index is 0.0833. The quantitative estimate of drug-likeness (QED) is 0.772. The molecule has 3 rings (SSSR count). The molecule has 4 nitrogen and oxygen atoms in total. The number of allylic oxidation sites excluding steroid dienone is 4. The van der Waals surface area contributed by atoms with Gasteiger partial charge in [-0.3, -0.25) is 10.6 Å². The normalized spacial score (nSPS) is 28.2. The molecule has 0 aromatic heterocycles. The predicted molar refractivity (Wildman–Crippen MR) is 101 cm³/mol. The number of hydrogen-bond donors (Lipinski definition) is 2. The van der Waals surface area contributed by atoms with Crippen LogP contribution in [0.3, 0.4) is 0 Å². The SMILES string of the molecule is COC1=CC=CC(OC)C1CSC1=CCCC=C1C1NCCCN1. The molecule has 1 aliphatic heterocycles. The molecule has 5 heteroatoms. The van der Waals surface area contributed by atoms with Crippen LogP contribution < -0.4 is 10.6 Å². The molecule has 0 radical (unpaired) electrons. The fourth-order valence-corrected chi connectivity index (χ4v) is 4.76. The Morgan fingerprint density at radius 3 is 2.71 bits per heavy atom. The van der Waals surface area contributed by atoms with Crippen molar-refractivity contribution in [2.24, 2.45) is 5.92 Å². The first-order valence-corrected chi connectivity index (χ1v) is 9.77. The van der Waals surface area contributed by atoms with Crippen molar-refractivity contribution in [2.45, 2.75) is 31.5 Å². The summed E-state index contributed by atoms with van der Waals surface area (Å²) in [5.74, 6) is 2.22. The van der Waals surface area contributed by atoms with Gasteiger partial charge in [0.25, 0.3) is 0 Å². The van der Waals surface area contributed by atoms with Gasteiger partial charge in [0.15, 0.2) is 0 Å². The summed E-state index contributed by atoms with van der Waals surface area (Å²) in [5, 5.41) is 7.18. The molecule has 0 spiro atoms. The highest BCUT2D eigenvalue weighted by Gasteiger charge is 2.28. The van der Waals surface area contributed by atoms with Crippen LogP contribution in [0.1, 0.15) is 19.3 Å². The van der Waals surface area contributed by atoms with Crippen LogP contribution in [0.4, 0.5) is 0 Å². The molecule has 1 fully saturated rings. The van der Waals surface area contributed by atoms with Gasteiger partial charge in [-0.25, -0.2) is 0 Å². The lowest BCUT2D eigenvalue weighted by molar-refractivity contribution is 0.0838. The number of methoxy groups -OCH3 is 2. The highest BCUT2D eigenvalue weighted by atomic mass is 32.2. The van der Waals surface area contributed by atoms with E-state index in [9.17, 15) is 0 Å². The van der Waals surface area contributed by atoms with Crippen molar-refractivity contribution in [3.8, 4) is 0 Å². The van der Waals surface area contributed by atoms with Crippen molar-refractivity contribution in [1.82, 2.24) is 10.6 Å². The van der Waals surface area contributed by atoms with Gasteiger partial charge < -0.3 is 9.47 Å². The smallest absolute Gasteiger partial charge is 0.102 e. The molecule has 1 heterocycles. The monoisotopic (exact) mass is 348 g/mol. The topological polar surface area (TPSA) is 42.5 Å². The Balaban J connectivity index is 1.65. The molecule has 0 bridgehead atoms. The van der Waals surface area contributed by atoms with Crippen molar-refractivity contribution in [3.05, 3.63) is 46.6 Å². The Morgan fingerprint density at radius 1 is 1.17 bits per heavy atom. The number of rotatable bonds is 6. The molecule has 3 aliphatic rings. The highest BCUT2D eigenvalue weighted by molar-refractivity contribution is 8.03. The average molecular weight is 349 g/mol. The Labute approximate surface area is 149 Å². The molecule has 0 amide bonds. The zero-order chi connectivity index (χ0) is 16.8. The Morgan fingerprint density at radius 2 is 1.96 bits per heavy atom. The summed E-state index contributed by atoms with van der Waals surface area (Å²) in [6.45, 7) is 2.17. The van der Waals surface area contributed by atoms with E-state index in [0.717, 1.165) is 37.4 Å². The van der Waals surface area contributed by atoms with E-state index in [1.807, 2.05) is 17.8 Å². The number of hydrogen-bond acceptors (Lipinski definition) is 5. The molecular weight excluding hydrogens is 320 g/mol. The van der Waals surface area contributed by atoms with E-state index in [1.165, 1.54) is 16.9 Å². The lowest BCUT2D eigenvalue weighted by atomic mass is 9.97. The van der Waals surface area contributed by atoms with Gasteiger partial charge in [-0.05, 0) is 44.0 Å². The summed E-state index contributed by atoms with van der Waals surface area (Å²) >= 11 is 1.92. The van der Waals surface area contributed by atoms with Crippen molar-refractivity contribution in [2.75, 3.05) is 33.1 Å². The second-order valence-electron chi connectivity index (χ2n) is 6.28. The maximum atomic E-state index is 5.64. The number of ether oxygens (including phenoxy) is 2. The van der Waals surface area contributed by atoms with Crippen molar-refractivity contribution >= 4 is 11.8 Å². The van der Waals surface area contributed by atoms with E-state index < -0.39 is 0 Å². The first-order valence-electron chi connectivity index (χ1n) is 8.79. The molecule has 2 unspecified atom stereocenters. The second-order valence-corrected chi connectivity index (χ2v) is 7.34. The zero-order valence-corrected chi connectivity index (χ0v) is 15.4. The van der Waals surface area contributed by atoms with E-state index in [-0.39, 0.29) is 12.0 Å². The minimum Gasteiger partial charge on any atom is -0.501 e. The van der Waals surface area contributed by atoms with Gasteiger partial charge in [0, 0.05) is 17.8 Å². The predicted octanol–water partition coefficient (Wildman–Crippen LogP) is 2.96. The third-order valence-electron chi connectivity index (χ3n) is 4.76. The minimum absolute atomic E-state index is 0.0833. The van der Waals surface area contributed by atoms with Crippen LogP contribution in [-0.2, 0) is 9.47 Å². The van der Waals surface area contributed by atoms with E-state index in [4.69, 9.17) is 9.47 Å². The van der Waals surface area contributed by atoms with Gasteiger partial charge in [0.1, 0.15) is 5.76 Å². The molecular formula is C19H28N2O2S. The molecule has 0 aromatic rings. The zero-order valence-electron chi connectivity index (χ0n) is 14.6. The Hall–Kier alpha value is -1.01. The van der Waals surface area contributed by atoms with E-state index in [2.05, 4.69) is 34.9 Å². The molecule has 2 N–H and O–H groups in total. The van der Waals surface area contributed by atoms with E-state index in [0.29, 0.717) is 6.17 Å². The van der Waals surface area contributed by atoms with Crippen LogP contribution in [0.5, 0.6) is 0 Å². The standard InChI is InChI=1S/C19H28N2O2S/c1-22-16-8-5-9-17(23-2)15(16)13-24-18-10-4-3-7-14(18)19-20-11-6-12-21-19/h5,7-10,15-16,19-21H,3-4,6,11-13H2,1-2H3. The van der Waals surface area contributed by atoms with Crippen LogP contribution in [0.2, 0.25) is 0 Å². The Kier molecular flexibility index (Phi) is 6.60. The lowest BCUT2D eigenvalue weighted by Crippen LogP contribution is -2.49. The van der Waals surface area contributed by atoms with Crippen LogP contribution in [-0.4, -0.2) is 45.3 Å². The van der Waals surface area contributed by atoms with Gasteiger partial charge >= 0.3 is 0 Å². The summed E-state index contributed by atoms with van der Waals surface area (Å²) < 4.78 is 11.2. The molecule has 0 saturated carbocycles. The molecule has 0 aromatic carbocycles. The van der Waals surface area contributed by atoms with E-state index in [1.54, 1.807) is 14.2 Å². The van der Waals surface area contributed by atoms with Gasteiger partial charge in [0.2, 0.25) is 0 Å². The van der Waals surface area contributed by atoms with Crippen LogP contribution >= 0.6 is 11.8 Å². The summed E-state index contributed by atoms with van der Waals surface area (Å²) in [6, 6.07) is 0. The summed E-state index contributed by atoms with van der Waals surface area (Å²) in [5.41, 5.74) is 1.41. The van der Waals surface area contributed by atoms with Gasteiger partial charge in [-0.2, -0.15) is 0 Å². The van der Waals surface area contributed by atoms with Crippen molar-refractivity contribution in [1.29, 1.82) is 0 Å². The summed E-state index contributed by atoms with van der Waals surface area (Å²) in [6.07, 6.45) is 14.8. The van der Waals surface area contributed by atoms with Gasteiger partial charge in [-0.15, -0.1) is 11.8 Å². The third kappa shape index (κ3) is 4.14. The Bertz CT molecular complexity index is 548. The number of thioether (sulfide) groups is 1. The van der Waals surface area contributed by atoms with Crippen LogP contribution in [0.15, 0.2) is 46.6 Å². The molecule has 132 valence electrons. The second kappa shape index (κ2) is 8.90. The average Bonchev–Trinajstić information content (AvgIpc) is 2.67. The van der Waals surface area contributed by atoms with Gasteiger partial charge in [-0.1, -0.05) is 24.3 Å². The third-order valence-corrected chi connectivity index (χ3v) is 6.00. The van der Waals surface area contributed by atoms with Crippen molar-refractivity contribution < 1.29 is 9.47 Å². The maximum absolute atomic E-state index is 5.64. The lowest BCUT2D eigenvalue weighted by Gasteiger charge is -2.31. The molecule has 2 atom stereocenters. The first-order chi connectivity index (χ1) is 11.8. The summed E-state index contributed by atoms with van der Waals surface area (Å²) in [4.78, 5) is 1.40. The first kappa shape index (κ1) is 17.8. The van der Waals surface area contributed by atoms with E-state index >= 15 is 0 Å². The molecule has 2 aliphatic carbocycles. The maximum Gasteiger partial charge on any atom is 0.102 e. The highest BCUT2D eigenvalue weighted by Crippen LogP contribution is 2.35. The van der Waals surface area contributed by atoms with Crippen LogP contribution in [0, 0.1) is 5.92 Å². The largest absolute Gasteiger partial charge is 0.501 e. The van der Waals surface area contributed by atoms with Crippen molar-refractivity contribution in [3.63, 3.8) is 0 Å².